The maximum Gasteiger partial charge on any atom is 0.336 e. The van der Waals surface area contributed by atoms with E-state index in [0.29, 0.717) is 11.3 Å². The van der Waals surface area contributed by atoms with Gasteiger partial charge in [0.25, 0.3) is 5.69 Å². The molecule has 0 spiro atoms. The van der Waals surface area contributed by atoms with Gasteiger partial charge in [-0.1, -0.05) is 6.07 Å². The minimum absolute atomic E-state index is 0.0940. The predicted molar refractivity (Wildman–Crippen MR) is 84.1 cm³/mol. The van der Waals surface area contributed by atoms with Gasteiger partial charge < -0.3 is 9.84 Å². The van der Waals surface area contributed by atoms with Crippen molar-refractivity contribution in [1.82, 2.24) is 0 Å². The number of fused-ring (bicyclic) bond motifs is 1. The molecule has 0 amide bonds. The van der Waals surface area contributed by atoms with E-state index in [9.17, 15) is 20.0 Å². The topological polar surface area (TPSA) is 89.7 Å². The van der Waals surface area contributed by atoms with E-state index in [1.165, 1.54) is 25.3 Å². The zero-order valence-electron chi connectivity index (χ0n) is 12.5. The number of nitro benzene ring substituents is 1. The number of hydrogen-bond donors (Lipinski definition) is 1. The van der Waals surface area contributed by atoms with Crippen molar-refractivity contribution in [3.63, 3.8) is 0 Å². The molecular formula is C17H15NO5. The second-order valence-electron chi connectivity index (χ2n) is 5.44. The molecule has 0 fully saturated rings. The number of aromatic carboxylic acids is 1. The molecule has 6 nitrogen and oxygen atoms in total. The van der Waals surface area contributed by atoms with Crippen molar-refractivity contribution in [2.24, 2.45) is 0 Å². The van der Waals surface area contributed by atoms with Crippen molar-refractivity contribution < 1.29 is 19.6 Å². The molecule has 0 radical (unpaired) electrons. The third-order valence-corrected chi connectivity index (χ3v) is 4.15. The minimum Gasteiger partial charge on any atom is -0.496 e. The highest BCUT2D eigenvalue weighted by molar-refractivity contribution is 6.00. The van der Waals surface area contributed by atoms with E-state index in [2.05, 4.69) is 0 Å². The van der Waals surface area contributed by atoms with Crippen molar-refractivity contribution in [1.29, 1.82) is 0 Å². The quantitative estimate of drug-likeness (QED) is 0.689. The van der Waals surface area contributed by atoms with Gasteiger partial charge in [0.1, 0.15) is 5.75 Å². The lowest BCUT2D eigenvalue weighted by Gasteiger charge is -2.14. The summed E-state index contributed by atoms with van der Waals surface area (Å²) in [4.78, 5) is 22.4. The van der Waals surface area contributed by atoms with Crippen LogP contribution in [-0.4, -0.2) is 23.1 Å². The molecule has 1 aliphatic rings. The highest BCUT2D eigenvalue weighted by atomic mass is 16.6. The molecule has 6 heteroatoms. The molecule has 0 atom stereocenters. The fourth-order valence-corrected chi connectivity index (χ4v) is 3.12. The summed E-state index contributed by atoms with van der Waals surface area (Å²) in [6.45, 7) is 0. The standard InChI is InChI=1S/C17H15NO5/c1-23-15-9-11-5-2-4-10(11)8-13(15)16-12(17(19)20)6-3-7-14(16)18(21)22/h3,6-9H,2,4-5H2,1H3,(H,19,20). The third kappa shape index (κ3) is 2.52. The van der Waals surface area contributed by atoms with E-state index in [1.54, 1.807) is 0 Å². The maximum absolute atomic E-state index is 11.5. The lowest BCUT2D eigenvalue weighted by atomic mass is 9.94. The number of nitro groups is 1. The fraction of sp³-hybridized carbons (Fsp3) is 0.235. The van der Waals surface area contributed by atoms with Gasteiger partial charge in [-0.3, -0.25) is 10.1 Å². The van der Waals surface area contributed by atoms with E-state index in [1.807, 2.05) is 12.1 Å². The summed E-state index contributed by atoms with van der Waals surface area (Å²) in [5.74, 6) is -0.742. The van der Waals surface area contributed by atoms with E-state index in [4.69, 9.17) is 4.74 Å². The summed E-state index contributed by atoms with van der Waals surface area (Å²) in [5.41, 5.74) is 2.46. The number of ether oxygens (including phenoxy) is 1. The Morgan fingerprint density at radius 2 is 1.96 bits per heavy atom. The Bertz CT molecular complexity index is 781. The first kappa shape index (κ1) is 15.0. The van der Waals surface area contributed by atoms with Gasteiger partial charge in [0.15, 0.2) is 0 Å². The number of carboxylic acid groups (broad SMARTS) is 1. The van der Waals surface area contributed by atoms with Crippen LogP contribution < -0.4 is 4.74 Å². The highest BCUT2D eigenvalue weighted by Crippen LogP contribution is 2.41. The summed E-state index contributed by atoms with van der Waals surface area (Å²) in [6, 6.07) is 7.76. The van der Waals surface area contributed by atoms with Crippen molar-refractivity contribution in [2.45, 2.75) is 19.3 Å². The maximum atomic E-state index is 11.5. The van der Waals surface area contributed by atoms with Crippen LogP contribution in [0, 0.1) is 10.1 Å². The molecule has 1 N–H and O–H groups in total. The van der Waals surface area contributed by atoms with E-state index < -0.39 is 10.9 Å². The smallest absolute Gasteiger partial charge is 0.336 e. The first-order valence-electron chi connectivity index (χ1n) is 7.23. The normalized spacial score (nSPS) is 12.7. The van der Waals surface area contributed by atoms with E-state index >= 15 is 0 Å². The van der Waals surface area contributed by atoms with Crippen molar-refractivity contribution in [3.05, 3.63) is 57.1 Å². The molecule has 23 heavy (non-hydrogen) atoms. The Morgan fingerprint density at radius 1 is 1.26 bits per heavy atom. The Balaban J connectivity index is 2.34. The lowest BCUT2D eigenvalue weighted by molar-refractivity contribution is -0.384. The Kier molecular flexibility index (Phi) is 3.73. The average Bonchev–Trinajstić information content (AvgIpc) is 2.99. The number of aryl methyl sites for hydroxylation is 2. The van der Waals surface area contributed by atoms with Crippen LogP contribution in [0.25, 0.3) is 11.1 Å². The molecule has 2 aromatic rings. The monoisotopic (exact) mass is 313 g/mol. The van der Waals surface area contributed by atoms with Crippen LogP contribution in [0.5, 0.6) is 5.75 Å². The third-order valence-electron chi connectivity index (χ3n) is 4.15. The van der Waals surface area contributed by atoms with Gasteiger partial charge in [-0.2, -0.15) is 0 Å². The average molecular weight is 313 g/mol. The molecule has 2 aromatic carbocycles. The summed E-state index contributed by atoms with van der Waals surface area (Å²) in [6.07, 6.45) is 2.84. The molecule has 3 rings (SSSR count). The van der Waals surface area contributed by atoms with Crippen LogP contribution in [0.2, 0.25) is 0 Å². The summed E-state index contributed by atoms with van der Waals surface area (Å²) in [7, 11) is 1.48. The number of nitrogens with zero attached hydrogens (tertiary/aromatic N) is 1. The predicted octanol–water partition coefficient (Wildman–Crippen LogP) is 3.46. The number of benzene rings is 2. The van der Waals surface area contributed by atoms with Crippen LogP contribution in [0.15, 0.2) is 30.3 Å². The molecule has 0 bridgehead atoms. The van der Waals surface area contributed by atoms with Crippen LogP contribution in [0.1, 0.15) is 27.9 Å². The Labute approximate surface area is 132 Å². The molecule has 118 valence electrons. The van der Waals surface area contributed by atoms with E-state index in [0.717, 1.165) is 30.4 Å². The van der Waals surface area contributed by atoms with Crippen molar-refractivity contribution in [3.8, 4) is 16.9 Å². The molecule has 1 aliphatic carbocycles. The molecule has 0 saturated carbocycles. The number of carbonyl (C=O) groups is 1. The van der Waals surface area contributed by atoms with Crippen molar-refractivity contribution in [2.75, 3.05) is 7.11 Å². The second-order valence-corrected chi connectivity index (χ2v) is 5.44. The number of methoxy groups -OCH3 is 1. The summed E-state index contributed by atoms with van der Waals surface area (Å²) < 4.78 is 5.38. The molecule has 0 heterocycles. The highest BCUT2D eigenvalue weighted by Gasteiger charge is 2.26. The van der Waals surface area contributed by atoms with Gasteiger partial charge in [0.05, 0.1) is 23.2 Å². The van der Waals surface area contributed by atoms with Gasteiger partial charge in [-0.05, 0) is 48.6 Å². The summed E-state index contributed by atoms with van der Waals surface area (Å²) in [5, 5.41) is 20.8. The van der Waals surface area contributed by atoms with Crippen molar-refractivity contribution >= 4 is 11.7 Å². The molecule has 0 saturated heterocycles. The zero-order valence-corrected chi connectivity index (χ0v) is 12.5. The molecule has 0 aliphatic heterocycles. The Hall–Kier alpha value is -2.89. The lowest BCUT2D eigenvalue weighted by Crippen LogP contribution is -2.04. The van der Waals surface area contributed by atoms with Gasteiger partial charge in [0, 0.05) is 11.6 Å². The Morgan fingerprint density at radius 3 is 2.57 bits per heavy atom. The van der Waals surface area contributed by atoms with Gasteiger partial charge in [-0.25, -0.2) is 4.79 Å². The number of rotatable bonds is 4. The SMILES string of the molecule is COc1cc2c(cc1-c1c(C(=O)O)cccc1[N+](=O)[O-])CCC2. The van der Waals surface area contributed by atoms with Gasteiger partial charge in [0.2, 0.25) is 0 Å². The number of hydrogen-bond acceptors (Lipinski definition) is 4. The molecule has 0 aromatic heterocycles. The minimum atomic E-state index is -1.20. The first-order valence-corrected chi connectivity index (χ1v) is 7.23. The summed E-state index contributed by atoms with van der Waals surface area (Å²) >= 11 is 0. The van der Waals surface area contributed by atoms with Crippen LogP contribution >= 0.6 is 0 Å². The first-order chi connectivity index (χ1) is 11.0. The zero-order chi connectivity index (χ0) is 16.6. The molecular weight excluding hydrogens is 298 g/mol. The fourth-order valence-electron chi connectivity index (χ4n) is 3.12. The van der Waals surface area contributed by atoms with Crippen LogP contribution in [0.4, 0.5) is 5.69 Å². The van der Waals surface area contributed by atoms with Crippen LogP contribution in [-0.2, 0) is 12.8 Å². The van der Waals surface area contributed by atoms with Crippen LogP contribution in [0.3, 0.4) is 0 Å². The van der Waals surface area contributed by atoms with Gasteiger partial charge in [-0.15, -0.1) is 0 Å². The second kappa shape index (κ2) is 5.72. The molecule has 0 unspecified atom stereocenters. The van der Waals surface area contributed by atoms with Gasteiger partial charge >= 0.3 is 5.97 Å². The van der Waals surface area contributed by atoms with E-state index in [-0.39, 0.29) is 16.8 Å². The largest absolute Gasteiger partial charge is 0.496 e. The number of carboxylic acids is 1.